The summed E-state index contributed by atoms with van der Waals surface area (Å²) in [5.74, 6) is 1.02. The number of benzene rings is 3. The summed E-state index contributed by atoms with van der Waals surface area (Å²) in [4.78, 5) is 28.0. The average molecular weight is 481 g/mol. The van der Waals surface area contributed by atoms with E-state index in [1.807, 2.05) is 60.7 Å². The van der Waals surface area contributed by atoms with E-state index in [4.69, 9.17) is 21.1 Å². The Balaban J connectivity index is 1.76. The molecule has 2 amide bonds. The third-order valence-corrected chi connectivity index (χ3v) is 5.85. The minimum absolute atomic E-state index is 0.155. The number of nitrogens with zero attached hydrogens (tertiary/aromatic N) is 1. The molecule has 0 saturated carbocycles. The molecule has 1 unspecified atom stereocenters. The van der Waals surface area contributed by atoms with Crippen molar-refractivity contribution < 1.29 is 19.1 Å². The van der Waals surface area contributed by atoms with E-state index in [1.54, 1.807) is 38.2 Å². The minimum Gasteiger partial charge on any atom is -0.497 e. The second-order valence-corrected chi connectivity index (χ2v) is 8.32. The van der Waals surface area contributed by atoms with Crippen LogP contribution in [0.2, 0.25) is 5.02 Å². The van der Waals surface area contributed by atoms with Gasteiger partial charge in [0.05, 0.1) is 20.6 Å². The summed E-state index contributed by atoms with van der Waals surface area (Å²) in [5, 5.41) is 3.54. The van der Waals surface area contributed by atoms with E-state index in [-0.39, 0.29) is 18.2 Å². The first-order chi connectivity index (χ1) is 16.4. The van der Waals surface area contributed by atoms with Crippen molar-refractivity contribution in [2.45, 2.75) is 32.5 Å². The molecule has 178 valence electrons. The summed E-state index contributed by atoms with van der Waals surface area (Å²) in [6.45, 7) is 2.33. The van der Waals surface area contributed by atoms with Crippen LogP contribution >= 0.6 is 11.6 Å². The lowest BCUT2D eigenvalue weighted by Crippen LogP contribution is -2.48. The first-order valence-corrected chi connectivity index (χ1v) is 11.4. The highest BCUT2D eigenvalue weighted by molar-refractivity contribution is 6.30. The summed E-state index contributed by atoms with van der Waals surface area (Å²) in [6, 6.07) is 21.4. The van der Waals surface area contributed by atoms with Gasteiger partial charge < -0.3 is 19.7 Å². The zero-order chi connectivity index (χ0) is 24.5. The molecule has 0 aliphatic carbocycles. The number of rotatable bonds is 10. The number of carbonyl (C=O) groups is 2. The van der Waals surface area contributed by atoms with Crippen LogP contribution in [0.3, 0.4) is 0 Å². The Morgan fingerprint density at radius 3 is 2.21 bits per heavy atom. The first kappa shape index (κ1) is 25.1. The standard InChI is InChI=1S/C27H29ClN2O4/c1-19(27(32)29-17-22-6-4-5-7-25(22)34-3)30(18-21-10-14-24(33-2)15-11-21)26(31)16-20-8-12-23(28)13-9-20/h4-15,19H,16-18H2,1-3H3,(H,29,32). The van der Waals surface area contributed by atoms with Gasteiger partial charge in [-0.15, -0.1) is 0 Å². The Morgan fingerprint density at radius 2 is 1.56 bits per heavy atom. The highest BCUT2D eigenvalue weighted by Gasteiger charge is 2.26. The van der Waals surface area contributed by atoms with Crippen LogP contribution in [-0.2, 0) is 29.1 Å². The Morgan fingerprint density at radius 1 is 0.912 bits per heavy atom. The van der Waals surface area contributed by atoms with Crippen molar-refractivity contribution in [3.63, 3.8) is 0 Å². The molecule has 0 spiro atoms. The molecule has 1 N–H and O–H groups in total. The zero-order valence-corrected chi connectivity index (χ0v) is 20.3. The van der Waals surface area contributed by atoms with Gasteiger partial charge >= 0.3 is 0 Å². The Labute approximate surface area is 205 Å². The third kappa shape index (κ3) is 6.75. The molecule has 7 heteroatoms. The molecule has 3 aromatic rings. The van der Waals surface area contributed by atoms with Crippen LogP contribution in [-0.4, -0.2) is 37.0 Å². The van der Waals surface area contributed by atoms with Gasteiger partial charge in [-0.3, -0.25) is 9.59 Å². The van der Waals surface area contributed by atoms with Gasteiger partial charge in [-0.2, -0.15) is 0 Å². The van der Waals surface area contributed by atoms with E-state index in [9.17, 15) is 9.59 Å². The van der Waals surface area contributed by atoms with Crippen molar-refractivity contribution in [3.8, 4) is 11.5 Å². The van der Waals surface area contributed by atoms with E-state index < -0.39 is 6.04 Å². The summed E-state index contributed by atoms with van der Waals surface area (Å²) >= 11 is 5.97. The highest BCUT2D eigenvalue weighted by Crippen LogP contribution is 2.19. The smallest absolute Gasteiger partial charge is 0.242 e. The van der Waals surface area contributed by atoms with E-state index in [0.29, 0.717) is 23.9 Å². The normalized spacial score (nSPS) is 11.4. The predicted molar refractivity (Wildman–Crippen MR) is 133 cm³/mol. The van der Waals surface area contributed by atoms with Gasteiger partial charge in [0.15, 0.2) is 0 Å². The summed E-state index contributed by atoms with van der Waals surface area (Å²) in [7, 11) is 3.19. The summed E-state index contributed by atoms with van der Waals surface area (Å²) in [5.41, 5.74) is 2.59. The van der Waals surface area contributed by atoms with E-state index >= 15 is 0 Å². The second kappa shape index (κ2) is 12.1. The molecule has 0 aliphatic heterocycles. The van der Waals surface area contributed by atoms with Crippen LogP contribution in [0.4, 0.5) is 0 Å². The van der Waals surface area contributed by atoms with Crippen LogP contribution < -0.4 is 14.8 Å². The van der Waals surface area contributed by atoms with Gasteiger partial charge in [0, 0.05) is 23.7 Å². The molecule has 0 aliphatic rings. The van der Waals surface area contributed by atoms with Crippen LogP contribution in [0.5, 0.6) is 11.5 Å². The number of carbonyl (C=O) groups excluding carboxylic acids is 2. The zero-order valence-electron chi connectivity index (χ0n) is 19.6. The number of hydrogen-bond donors (Lipinski definition) is 1. The molecule has 0 fully saturated rings. The van der Waals surface area contributed by atoms with E-state index in [0.717, 1.165) is 22.4 Å². The Hall–Kier alpha value is -3.51. The van der Waals surface area contributed by atoms with Gasteiger partial charge in [0.1, 0.15) is 17.5 Å². The van der Waals surface area contributed by atoms with Gasteiger partial charge in [-0.25, -0.2) is 0 Å². The summed E-state index contributed by atoms with van der Waals surface area (Å²) < 4.78 is 10.6. The molecule has 1 atom stereocenters. The van der Waals surface area contributed by atoms with Crippen molar-refractivity contribution in [3.05, 3.63) is 94.5 Å². The maximum absolute atomic E-state index is 13.3. The highest BCUT2D eigenvalue weighted by atomic mass is 35.5. The summed E-state index contributed by atoms with van der Waals surface area (Å²) in [6.07, 6.45) is 0.164. The molecular weight excluding hydrogens is 452 g/mol. The molecule has 0 radical (unpaired) electrons. The maximum atomic E-state index is 13.3. The van der Waals surface area contributed by atoms with Crippen LogP contribution in [0.25, 0.3) is 0 Å². The minimum atomic E-state index is -0.684. The van der Waals surface area contributed by atoms with Crippen LogP contribution in [0, 0.1) is 0 Å². The molecule has 3 aromatic carbocycles. The Bertz CT molecular complexity index is 1100. The Kier molecular flexibility index (Phi) is 8.93. The van der Waals surface area contributed by atoms with E-state index in [2.05, 4.69) is 5.32 Å². The molecule has 3 rings (SSSR count). The third-order valence-electron chi connectivity index (χ3n) is 5.59. The number of para-hydroxylation sites is 1. The average Bonchev–Trinajstić information content (AvgIpc) is 2.87. The van der Waals surface area contributed by atoms with Crippen molar-refractivity contribution in [2.24, 2.45) is 0 Å². The SMILES string of the molecule is COc1ccc(CN(C(=O)Cc2ccc(Cl)cc2)C(C)C(=O)NCc2ccccc2OC)cc1. The number of nitrogens with one attached hydrogen (secondary N) is 1. The molecule has 0 aromatic heterocycles. The number of ether oxygens (including phenoxy) is 2. The largest absolute Gasteiger partial charge is 0.497 e. The topological polar surface area (TPSA) is 67.9 Å². The van der Waals surface area contributed by atoms with Gasteiger partial charge in [0.2, 0.25) is 11.8 Å². The first-order valence-electron chi connectivity index (χ1n) is 11.0. The number of methoxy groups -OCH3 is 2. The van der Waals surface area contributed by atoms with E-state index in [1.165, 1.54) is 0 Å². The molecule has 0 heterocycles. The molecule has 0 saturated heterocycles. The van der Waals surface area contributed by atoms with Gasteiger partial charge in [0.25, 0.3) is 0 Å². The number of halogens is 1. The lowest BCUT2D eigenvalue weighted by Gasteiger charge is -2.29. The second-order valence-electron chi connectivity index (χ2n) is 7.88. The number of amides is 2. The lowest BCUT2D eigenvalue weighted by atomic mass is 10.1. The molecule has 6 nitrogen and oxygen atoms in total. The van der Waals surface area contributed by atoms with Gasteiger partial charge in [-0.1, -0.05) is 54.1 Å². The lowest BCUT2D eigenvalue weighted by molar-refractivity contribution is -0.140. The fourth-order valence-corrected chi connectivity index (χ4v) is 3.69. The quantitative estimate of drug-likeness (QED) is 0.459. The predicted octanol–water partition coefficient (Wildman–Crippen LogP) is 4.63. The van der Waals surface area contributed by atoms with Crippen LogP contribution in [0.1, 0.15) is 23.6 Å². The maximum Gasteiger partial charge on any atom is 0.242 e. The fourth-order valence-electron chi connectivity index (χ4n) is 3.57. The monoisotopic (exact) mass is 480 g/mol. The van der Waals surface area contributed by atoms with Crippen molar-refractivity contribution in [1.82, 2.24) is 10.2 Å². The van der Waals surface area contributed by atoms with Gasteiger partial charge in [-0.05, 0) is 48.4 Å². The fraction of sp³-hybridized carbons (Fsp3) is 0.259. The van der Waals surface area contributed by atoms with Crippen molar-refractivity contribution in [2.75, 3.05) is 14.2 Å². The van der Waals surface area contributed by atoms with Crippen molar-refractivity contribution in [1.29, 1.82) is 0 Å². The van der Waals surface area contributed by atoms with Crippen LogP contribution in [0.15, 0.2) is 72.8 Å². The number of hydrogen-bond acceptors (Lipinski definition) is 4. The molecule has 34 heavy (non-hydrogen) atoms. The van der Waals surface area contributed by atoms with Crippen molar-refractivity contribution >= 4 is 23.4 Å². The molecular formula is C27H29ClN2O4. The molecule has 0 bridgehead atoms.